The third kappa shape index (κ3) is 0.964. The van der Waals surface area contributed by atoms with Crippen LogP contribution in [0.15, 0.2) is 22.8 Å². The molecule has 0 spiro atoms. The zero-order chi connectivity index (χ0) is 5.82. The van der Waals surface area contributed by atoms with E-state index in [1.54, 1.807) is 18.4 Å². The summed E-state index contributed by atoms with van der Waals surface area (Å²) in [5.74, 6) is 0.722. The molecule has 1 aromatic heterocycles. The van der Waals surface area contributed by atoms with Gasteiger partial charge in [-0.15, -0.1) is 0 Å². The van der Waals surface area contributed by atoms with Crippen LogP contribution < -0.4 is 0 Å². The van der Waals surface area contributed by atoms with Crippen molar-refractivity contribution in [1.29, 1.82) is 0 Å². The van der Waals surface area contributed by atoms with Crippen molar-refractivity contribution in [2.45, 2.75) is 6.42 Å². The molecule has 0 fully saturated rings. The Morgan fingerprint density at radius 3 is 3.12 bits per heavy atom. The number of hydrogen-bond acceptors (Lipinski definition) is 2. The smallest absolute Gasteiger partial charge is 0.127 e. The molecule has 42 valence electrons. The molecule has 2 nitrogen and oxygen atoms in total. The lowest BCUT2D eigenvalue weighted by Gasteiger charge is -1.79. The molecule has 0 unspecified atom stereocenters. The van der Waals surface area contributed by atoms with Gasteiger partial charge in [-0.3, -0.25) is 0 Å². The Morgan fingerprint density at radius 2 is 2.62 bits per heavy atom. The Morgan fingerprint density at radius 1 is 1.75 bits per heavy atom. The molecule has 0 radical (unpaired) electrons. The fourth-order valence-corrected chi connectivity index (χ4v) is 0.511. The number of aldehydes is 1. The number of furan rings is 1. The fourth-order valence-electron chi connectivity index (χ4n) is 0.511. The highest BCUT2D eigenvalue weighted by atomic mass is 16.3. The summed E-state index contributed by atoms with van der Waals surface area (Å²) in [4.78, 5) is 9.81. The molecule has 1 aromatic rings. The van der Waals surface area contributed by atoms with Crippen LogP contribution in [0.3, 0.4) is 0 Å². The molecule has 0 aliphatic rings. The largest absolute Gasteiger partial charge is 0.469 e. The van der Waals surface area contributed by atoms with Crippen molar-refractivity contribution in [3.63, 3.8) is 0 Å². The van der Waals surface area contributed by atoms with Crippen molar-refractivity contribution in [3.05, 3.63) is 24.2 Å². The monoisotopic (exact) mass is 110 g/mol. The quantitative estimate of drug-likeness (QED) is 0.532. The van der Waals surface area contributed by atoms with E-state index in [0.717, 1.165) is 12.0 Å². The van der Waals surface area contributed by atoms with Crippen molar-refractivity contribution in [3.8, 4) is 0 Å². The van der Waals surface area contributed by atoms with E-state index in [9.17, 15) is 4.79 Å². The van der Waals surface area contributed by atoms with E-state index in [0.29, 0.717) is 6.42 Å². The molecule has 1 rings (SSSR count). The van der Waals surface area contributed by atoms with Gasteiger partial charge in [-0.05, 0) is 12.1 Å². The van der Waals surface area contributed by atoms with E-state index < -0.39 is 0 Å². The molecule has 0 aromatic carbocycles. The van der Waals surface area contributed by atoms with Crippen LogP contribution >= 0.6 is 0 Å². The van der Waals surface area contributed by atoms with Gasteiger partial charge in [-0.25, -0.2) is 0 Å². The molecule has 0 bridgehead atoms. The van der Waals surface area contributed by atoms with Gasteiger partial charge in [0.2, 0.25) is 0 Å². The molecule has 0 aliphatic carbocycles. The summed E-state index contributed by atoms with van der Waals surface area (Å²) in [7, 11) is 0. The molecule has 8 heavy (non-hydrogen) atoms. The third-order valence-corrected chi connectivity index (χ3v) is 0.865. The molecule has 0 saturated heterocycles. The number of carbonyl (C=O) groups is 1. The Hall–Kier alpha value is -1.05. The van der Waals surface area contributed by atoms with Gasteiger partial charge in [0.25, 0.3) is 0 Å². The van der Waals surface area contributed by atoms with Gasteiger partial charge in [0.05, 0.1) is 12.7 Å². The Kier molecular flexibility index (Phi) is 1.47. The van der Waals surface area contributed by atoms with E-state index in [4.69, 9.17) is 4.42 Å². The maximum Gasteiger partial charge on any atom is 0.127 e. The summed E-state index contributed by atoms with van der Waals surface area (Å²) in [6, 6.07) is 3.53. The lowest BCUT2D eigenvalue weighted by Crippen LogP contribution is -1.78. The third-order valence-electron chi connectivity index (χ3n) is 0.865. The maximum atomic E-state index is 9.81. The summed E-state index contributed by atoms with van der Waals surface area (Å²) in [5.41, 5.74) is 0. The first kappa shape index (κ1) is 5.09. The van der Waals surface area contributed by atoms with Gasteiger partial charge in [0, 0.05) is 0 Å². The standard InChI is InChI=1S/C6H6O2/c7-4-3-6-2-1-5-8-6/h1-2,4-5H,3H2. The van der Waals surface area contributed by atoms with Crippen molar-refractivity contribution in [2.75, 3.05) is 0 Å². The number of carbonyl (C=O) groups excluding carboxylic acids is 1. The summed E-state index contributed by atoms with van der Waals surface area (Å²) in [6.07, 6.45) is 2.75. The zero-order valence-corrected chi connectivity index (χ0v) is 4.33. The molecular formula is C6H6O2. The van der Waals surface area contributed by atoms with E-state index in [1.807, 2.05) is 0 Å². The second-order valence-corrected chi connectivity index (χ2v) is 1.45. The lowest BCUT2D eigenvalue weighted by atomic mass is 10.4. The second kappa shape index (κ2) is 2.31. The molecule has 0 atom stereocenters. The molecule has 1 heterocycles. The molecule has 0 amide bonds. The van der Waals surface area contributed by atoms with E-state index >= 15 is 0 Å². The molecule has 2 heteroatoms. The van der Waals surface area contributed by atoms with Crippen LogP contribution in [0.5, 0.6) is 0 Å². The van der Waals surface area contributed by atoms with E-state index in [2.05, 4.69) is 0 Å². The van der Waals surface area contributed by atoms with Crippen molar-refractivity contribution in [2.24, 2.45) is 0 Å². The van der Waals surface area contributed by atoms with E-state index in [1.165, 1.54) is 0 Å². The minimum absolute atomic E-state index is 0.382. The average Bonchev–Trinajstić information content (AvgIpc) is 2.19. The van der Waals surface area contributed by atoms with Crippen molar-refractivity contribution >= 4 is 6.29 Å². The van der Waals surface area contributed by atoms with Crippen molar-refractivity contribution in [1.82, 2.24) is 0 Å². The SMILES string of the molecule is O=CCc1ccco1. The highest BCUT2D eigenvalue weighted by Gasteiger charge is 1.89. The topological polar surface area (TPSA) is 30.2 Å². The van der Waals surface area contributed by atoms with Crippen LogP contribution in [0, 0.1) is 0 Å². The highest BCUT2D eigenvalue weighted by molar-refractivity contribution is 5.52. The van der Waals surface area contributed by atoms with Crippen molar-refractivity contribution < 1.29 is 9.21 Å². The van der Waals surface area contributed by atoms with E-state index in [-0.39, 0.29) is 0 Å². The second-order valence-electron chi connectivity index (χ2n) is 1.45. The minimum Gasteiger partial charge on any atom is -0.469 e. The first-order valence-corrected chi connectivity index (χ1v) is 2.39. The predicted octanol–water partition coefficient (Wildman–Crippen LogP) is 1.02. The van der Waals surface area contributed by atoms with Gasteiger partial charge in [-0.1, -0.05) is 0 Å². The van der Waals surface area contributed by atoms with Gasteiger partial charge >= 0.3 is 0 Å². The predicted molar refractivity (Wildman–Crippen MR) is 28.5 cm³/mol. The van der Waals surface area contributed by atoms with Gasteiger partial charge in [0.15, 0.2) is 0 Å². The summed E-state index contributed by atoms with van der Waals surface area (Å²) in [6.45, 7) is 0. The normalized spacial score (nSPS) is 9.00. The first-order valence-electron chi connectivity index (χ1n) is 2.39. The summed E-state index contributed by atoms with van der Waals surface area (Å²) < 4.78 is 4.84. The van der Waals surface area contributed by atoms with Crippen LogP contribution in [0.1, 0.15) is 5.76 Å². The fraction of sp³-hybridized carbons (Fsp3) is 0.167. The van der Waals surface area contributed by atoms with Gasteiger partial charge in [0.1, 0.15) is 12.0 Å². The van der Waals surface area contributed by atoms with Crippen LogP contribution in [0.4, 0.5) is 0 Å². The average molecular weight is 110 g/mol. The molecule has 0 saturated carbocycles. The van der Waals surface area contributed by atoms with Crippen LogP contribution in [-0.2, 0) is 11.2 Å². The maximum absolute atomic E-state index is 9.81. The number of rotatable bonds is 2. The molecule has 0 aliphatic heterocycles. The summed E-state index contributed by atoms with van der Waals surface area (Å²) in [5, 5.41) is 0. The zero-order valence-electron chi connectivity index (χ0n) is 4.33. The highest BCUT2D eigenvalue weighted by Crippen LogP contribution is 1.97. The Bertz CT molecular complexity index is 153. The van der Waals surface area contributed by atoms with Crippen LogP contribution in [-0.4, -0.2) is 6.29 Å². The van der Waals surface area contributed by atoms with Gasteiger partial charge in [-0.2, -0.15) is 0 Å². The summed E-state index contributed by atoms with van der Waals surface area (Å²) >= 11 is 0. The first-order chi connectivity index (χ1) is 3.93. The minimum atomic E-state index is 0.382. The lowest BCUT2D eigenvalue weighted by molar-refractivity contribution is -0.107. The van der Waals surface area contributed by atoms with Crippen LogP contribution in [0.2, 0.25) is 0 Å². The number of hydrogen-bond donors (Lipinski definition) is 0. The Labute approximate surface area is 47.1 Å². The van der Waals surface area contributed by atoms with Crippen LogP contribution in [0.25, 0.3) is 0 Å². The Balaban J connectivity index is 2.62. The molecule has 0 N–H and O–H groups in total. The van der Waals surface area contributed by atoms with Gasteiger partial charge < -0.3 is 9.21 Å². The molecular weight excluding hydrogens is 104 g/mol.